The van der Waals surface area contributed by atoms with E-state index < -0.39 is 4.92 Å². The molecule has 1 amide bonds. The minimum absolute atomic E-state index is 0.0108. The summed E-state index contributed by atoms with van der Waals surface area (Å²) in [5.41, 5.74) is 2.10. The minimum atomic E-state index is -0.470. The zero-order valence-electron chi connectivity index (χ0n) is 15.8. The first-order chi connectivity index (χ1) is 14.6. The van der Waals surface area contributed by atoms with Crippen LogP contribution in [0.1, 0.15) is 15.9 Å². The van der Waals surface area contributed by atoms with Gasteiger partial charge in [0.1, 0.15) is 0 Å². The zero-order valence-corrected chi connectivity index (χ0v) is 15.8. The number of hydrogen-bond acceptors (Lipinski definition) is 6. The molecule has 1 N–H and O–H groups in total. The SMILES string of the molecule is O=C(Nc1ccn(CCc2ccncc2)n1)c1cnn(-c2ccc([N+](=O)[O-])cc2)c1. The lowest BCUT2D eigenvalue weighted by molar-refractivity contribution is -0.384. The zero-order chi connectivity index (χ0) is 20.9. The minimum Gasteiger partial charge on any atom is -0.305 e. The number of rotatable bonds is 7. The summed E-state index contributed by atoms with van der Waals surface area (Å²) in [6, 6.07) is 11.5. The predicted octanol–water partition coefficient (Wildman–Crippen LogP) is 2.87. The van der Waals surface area contributed by atoms with Crippen molar-refractivity contribution in [2.75, 3.05) is 5.32 Å². The summed E-state index contributed by atoms with van der Waals surface area (Å²) in [5, 5.41) is 22.0. The molecule has 0 bridgehead atoms. The van der Waals surface area contributed by atoms with Crippen LogP contribution in [0, 0.1) is 10.1 Å². The highest BCUT2D eigenvalue weighted by atomic mass is 16.6. The van der Waals surface area contributed by atoms with Gasteiger partial charge in [0.25, 0.3) is 11.6 Å². The summed E-state index contributed by atoms with van der Waals surface area (Å²) in [6.45, 7) is 0.679. The quantitative estimate of drug-likeness (QED) is 0.374. The number of nitrogens with zero attached hydrogens (tertiary/aromatic N) is 6. The number of nitro benzene ring substituents is 1. The molecule has 150 valence electrons. The highest BCUT2D eigenvalue weighted by molar-refractivity contribution is 6.03. The Balaban J connectivity index is 1.37. The number of nitro groups is 1. The summed E-state index contributed by atoms with van der Waals surface area (Å²) in [6.07, 6.45) is 9.09. The molecule has 0 unspecified atom stereocenters. The standard InChI is InChI=1S/C20H17N7O3/c28-20(16-13-22-26(14-16)17-1-3-18(4-2-17)27(29)30)23-19-8-12-25(24-19)11-7-15-5-9-21-10-6-15/h1-6,8-10,12-14H,7,11H2,(H,23,24,28). The van der Waals surface area contributed by atoms with Crippen LogP contribution in [0.15, 0.2) is 73.4 Å². The number of hydrogen-bond donors (Lipinski definition) is 1. The van der Waals surface area contributed by atoms with E-state index in [1.165, 1.54) is 23.0 Å². The van der Waals surface area contributed by atoms with Crippen LogP contribution in [-0.4, -0.2) is 35.4 Å². The third-order valence-corrected chi connectivity index (χ3v) is 4.43. The first-order valence-electron chi connectivity index (χ1n) is 9.12. The molecule has 0 saturated carbocycles. The third-order valence-electron chi connectivity index (χ3n) is 4.43. The molecule has 0 radical (unpaired) electrons. The Kier molecular flexibility index (Phi) is 5.29. The molecule has 0 aliphatic carbocycles. The Morgan fingerprint density at radius 3 is 2.60 bits per heavy atom. The average molecular weight is 403 g/mol. The first kappa shape index (κ1) is 19.0. The maximum atomic E-state index is 12.5. The molecule has 10 nitrogen and oxygen atoms in total. The normalized spacial score (nSPS) is 10.7. The molecule has 10 heteroatoms. The molecule has 0 atom stereocenters. The Bertz CT molecular complexity index is 1170. The van der Waals surface area contributed by atoms with Crippen LogP contribution >= 0.6 is 0 Å². The van der Waals surface area contributed by atoms with E-state index >= 15 is 0 Å². The summed E-state index contributed by atoms with van der Waals surface area (Å²) in [5.74, 6) is 0.0976. The van der Waals surface area contributed by atoms with Gasteiger partial charge in [-0.25, -0.2) is 4.68 Å². The van der Waals surface area contributed by atoms with Gasteiger partial charge in [-0.15, -0.1) is 0 Å². The molecule has 1 aromatic carbocycles. The number of anilines is 1. The molecule has 0 spiro atoms. The lowest BCUT2D eigenvalue weighted by Gasteiger charge is -2.02. The van der Waals surface area contributed by atoms with Gasteiger partial charge < -0.3 is 5.32 Å². The van der Waals surface area contributed by atoms with Gasteiger partial charge in [-0.1, -0.05) is 0 Å². The van der Waals surface area contributed by atoms with Gasteiger partial charge in [0, 0.05) is 49.5 Å². The van der Waals surface area contributed by atoms with Gasteiger partial charge in [-0.3, -0.25) is 24.6 Å². The van der Waals surface area contributed by atoms with Crippen molar-refractivity contribution < 1.29 is 9.72 Å². The molecule has 3 heterocycles. The lowest BCUT2D eigenvalue weighted by atomic mass is 10.2. The van der Waals surface area contributed by atoms with E-state index in [1.54, 1.807) is 47.7 Å². The molecule has 3 aromatic heterocycles. The van der Waals surface area contributed by atoms with Gasteiger partial charge >= 0.3 is 0 Å². The van der Waals surface area contributed by atoms with E-state index in [-0.39, 0.29) is 11.6 Å². The summed E-state index contributed by atoms with van der Waals surface area (Å²) >= 11 is 0. The number of carbonyl (C=O) groups excluding carboxylic acids is 1. The molecular weight excluding hydrogens is 386 g/mol. The van der Waals surface area contributed by atoms with Crippen molar-refractivity contribution in [3.63, 3.8) is 0 Å². The Labute approximate surface area is 170 Å². The van der Waals surface area contributed by atoms with Crippen molar-refractivity contribution in [1.82, 2.24) is 24.5 Å². The van der Waals surface area contributed by atoms with E-state index in [9.17, 15) is 14.9 Å². The number of carbonyl (C=O) groups is 1. The van der Waals surface area contributed by atoms with Crippen molar-refractivity contribution in [3.8, 4) is 5.69 Å². The molecule has 0 aliphatic heterocycles. The van der Waals surface area contributed by atoms with Gasteiger partial charge in [-0.2, -0.15) is 10.2 Å². The topological polar surface area (TPSA) is 121 Å². The lowest BCUT2D eigenvalue weighted by Crippen LogP contribution is -2.12. The van der Waals surface area contributed by atoms with Crippen molar-refractivity contribution in [3.05, 3.63) is 94.7 Å². The Morgan fingerprint density at radius 2 is 1.87 bits per heavy atom. The molecule has 4 rings (SSSR count). The molecule has 0 fully saturated rings. The number of pyridine rings is 1. The average Bonchev–Trinajstić information content (AvgIpc) is 3.43. The Hall–Kier alpha value is -4.34. The van der Waals surface area contributed by atoms with Crippen LogP contribution in [0.25, 0.3) is 5.69 Å². The summed E-state index contributed by atoms with van der Waals surface area (Å²) in [7, 11) is 0. The van der Waals surface area contributed by atoms with E-state index in [4.69, 9.17) is 0 Å². The van der Waals surface area contributed by atoms with Gasteiger partial charge in [0.15, 0.2) is 5.82 Å². The summed E-state index contributed by atoms with van der Waals surface area (Å²) < 4.78 is 3.24. The largest absolute Gasteiger partial charge is 0.305 e. The second-order valence-electron chi connectivity index (χ2n) is 6.47. The van der Waals surface area contributed by atoms with Gasteiger partial charge in [0.05, 0.1) is 22.4 Å². The molecule has 4 aromatic rings. The van der Waals surface area contributed by atoms with Crippen LogP contribution in [0.3, 0.4) is 0 Å². The van der Waals surface area contributed by atoms with Crippen molar-refractivity contribution in [2.45, 2.75) is 13.0 Å². The molecule has 0 saturated heterocycles. The maximum Gasteiger partial charge on any atom is 0.269 e. The van der Waals surface area contributed by atoms with E-state index in [1.807, 2.05) is 12.1 Å². The number of non-ortho nitro benzene ring substituents is 1. The smallest absolute Gasteiger partial charge is 0.269 e. The molecular formula is C20H17N7O3. The van der Waals surface area contributed by atoms with Gasteiger partial charge in [-0.05, 0) is 36.2 Å². The third kappa shape index (κ3) is 4.38. The van der Waals surface area contributed by atoms with Crippen molar-refractivity contribution in [2.24, 2.45) is 0 Å². The van der Waals surface area contributed by atoms with E-state index in [0.29, 0.717) is 23.6 Å². The fraction of sp³-hybridized carbons (Fsp3) is 0.100. The number of benzene rings is 1. The highest BCUT2D eigenvalue weighted by Gasteiger charge is 2.12. The van der Waals surface area contributed by atoms with E-state index in [2.05, 4.69) is 20.5 Å². The predicted molar refractivity (Wildman–Crippen MR) is 108 cm³/mol. The second-order valence-corrected chi connectivity index (χ2v) is 6.47. The highest BCUT2D eigenvalue weighted by Crippen LogP contribution is 2.15. The monoisotopic (exact) mass is 403 g/mol. The van der Waals surface area contributed by atoms with Crippen molar-refractivity contribution >= 4 is 17.4 Å². The Morgan fingerprint density at radius 1 is 1.10 bits per heavy atom. The number of amides is 1. The van der Waals surface area contributed by atoms with Crippen LogP contribution in [-0.2, 0) is 13.0 Å². The fourth-order valence-electron chi connectivity index (χ4n) is 2.84. The second kappa shape index (κ2) is 8.35. The van der Waals surface area contributed by atoms with Crippen LogP contribution < -0.4 is 5.32 Å². The molecule has 30 heavy (non-hydrogen) atoms. The number of aryl methyl sites for hydroxylation is 2. The molecule has 0 aliphatic rings. The number of nitrogens with one attached hydrogen (secondary N) is 1. The van der Waals surface area contributed by atoms with Gasteiger partial charge in [0.2, 0.25) is 0 Å². The fourth-order valence-corrected chi connectivity index (χ4v) is 2.84. The van der Waals surface area contributed by atoms with Crippen molar-refractivity contribution in [1.29, 1.82) is 0 Å². The van der Waals surface area contributed by atoms with Crippen LogP contribution in [0.2, 0.25) is 0 Å². The number of aromatic nitrogens is 5. The van der Waals surface area contributed by atoms with E-state index in [0.717, 1.165) is 12.0 Å². The maximum absolute atomic E-state index is 12.5. The summed E-state index contributed by atoms with van der Waals surface area (Å²) in [4.78, 5) is 26.8. The van der Waals surface area contributed by atoms with Crippen LogP contribution in [0.5, 0.6) is 0 Å². The first-order valence-corrected chi connectivity index (χ1v) is 9.12. The van der Waals surface area contributed by atoms with Crippen LogP contribution in [0.4, 0.5) is 11.5 Å².